The maximum atomic E-state index is 6.46. The Morgan fingerprint density at radius 2 is 1.84 bits per heavy atom. The number of nitrogens with zero attached hydrogens (tertiary/aromatic N) is 3. The smallest absolute Gasteiger partial charge is 0.482 e. The number of aromatic nitrogens is 3. The summed E-state index contributed by atoms with van der Waals surface area (Å²) in [6.45, 7) is 11.6. The lowest BCUT2D eigenvalue weighted by molar-refractivity contribution is -0.0217. The number of ether oxygens (including phenoxy) is 2. The normalized spacial score (nSPS) is 21.3. The largest absolute Gasteiger partial charge is 0.495 e. The molecule has 5 rings (SSSR count). The summed E-state index contributed by atoms with van der Waals surface area (Å²) in [5.74, 6) is 0.741. The van der Waals surface area contributed by atoms with E-state index in [9.17, 15) is 0 Å². The monoisotopic (exact) mass is 421 g/mol. The summed E-state index contributed by atoms with van der Waals surface area (Å²) in [4.78, 5) is 9.12. The predicted molar refractivity (Wildman–Crippen MR) is 119 cm³/mol. The zero-order chi connectivity index (χ0) is 21.8. The summed E-state index contributed by atoms with van der Waals surface area (Å²) in [5.41, 5.74) is 2.73. The van der Waals surface area contributed by atoms with Crippen LogP contribution in [0.15, 0.2) is 42.9 Å². The van der Waals surface area contributed by atoms with Gasteiger partial charge >= 0.3 is 7.12 Å². The number of imidazole rings is 1. The molecule has 0 spiro atoms. The van der Waals surface area contributed by atoms with E-state index in [2.05, 4.69) is 42.2 Å². The minimum atomic E-state index is -0.487. The van der Waals surface area contributed by atoms with Gasteiger partial charge in [0.15, 0.2) is 0 Å². The third kappa shape index (κ3) is 3.52. The van der Waals surface area contributed by atoms with E-state index in [0.29, 0.717) is 13.2 Å². The highest BCUT2D eigenvalue weighted by Crippen LogP contribution is 2.38. The molecule has 2 aliphatic rings. The number of hydrogen-bond acceptors (Lipinski definition) is 6. The Morgan fingerprint density at radius 3 is 2.45 bits per heavy atom. The second-order valence-corrected chi connectivity index (χ2v) is 9.33. The maximum Gasteiger partial charge on any atom is 0.495 e. The number of hydrogen-bond donors (Lipinski definition) is 0. The molecule has 0 saturated carbocycles. The van der Waals surface area contributed by atoms with E-state index in [-0.39, 0.29) is 12.1 Å². The molecule has 0 bridgehead atoms. The first-order valence-electron chi connectivity index (χ1n) is 10.8. The van der Waals surface area contributed by atoms with Crippen LogP contribution in [-0.4, -0.2) is 46.1 Å². The van der Waals surface area contributed by atoms with Gasteiger partial charge in [-0.1, -0.05) is 6.07 Å². The lowest BCUT2D eigenvalue weighted by Crippen LogP contribution is -2.41. The maximum absolute atomic E-state index is 6.46. The van der Waals surface area contributed by atoms with Crippen LogP contribution in [0, 0.1) is 0 Å². The first-order valence-corrected chi connectivity index (χ1v) is 10.8. The third-order valence-corrected chi connectivity index (χ3v) is 6.60. The Hall–Kier alpha value is -2.42. The Kier molecular flexibility index (Phi) is 4.84. The van der Waals surface area contributed by atoms with Crippen LogP contribution in [0.5, 0.6) is 5.75 Å². The molecule has 7 nitrogen and oxygen atoms in total. The fourth-order valence-corrected chi connectivity index (χ4v) is 3.89. The average molecular weight is 421 g/mol. The Morgan fingerprint density at radius 1 is 1.10 bits per heavy atom. The van der Waals surface area contributed by atoms with Gasteiger partial charge in [-0.15, -0.1) is 0 Å². The lowest BCUT2D eigenvalue weighted by Gasteiger charge is -2.32. The summed E-state index contributed by atoms with van der Waals surface area (Å²) in [5, 5.41) is 0. The van der Waals surface area contributed by atoms with Crippen molar-refractivity contribution in [3.63, 3.8) is 0 Å². The average Bonchev–Trinajstić information content (AvgIpc) is 3.19. The first kappa shape index (κ1) is 20.5. The quantitative estimate of drug-likeness (QED) is 0.588. The van der Waals surface area contributed by atoms with E-state index in [1.165, 1.54) is 0 Å². The second-order valence-electron chi connectivity index (χ2n) is 9.33. The van der Waals surface area contributed by atoms with Gasteiger partial charge in [0.1, 0.15) is 17.4 Å². The molecule has 1 atom stereocenters. The van der Waals surface area contributed by atoms with Crippen molar-refractivity contribution in [3.05, 3.63) is 48.5 Å². The van der Waals surface area contributed by atoms with Gasteiger partial charge in [0.05, 0.1) is 48.0 Å². The van der Waals surface area contributed by atoms with Crippen LogP contribution in [0.4, 0.5) is 0 Å². The van der Waals surface area contributed by atoms with E-state index in [1.807, 2.05) is 43.6 Å². The molecule has 0 aliphatic carbocycles. The van der Waals surface area contributed by atoms with E-state index in [1.54, 1.807) is 6.20 Å². The van der Waals surface area contributed by atoms with E-state index in [4.69, 9.17) is 18.8 Å². The van der Waals surface area contributed by atoms with Crippen LogP contribution in [0.25, 0.3) is 11.0 Å². The molecule has 1 aromatic carbocycles. The van der Waals surface area contributed by atoms with Crippen LogP contribution in [0.1, 0.15) is 52.5 Å². The molecular weight excluding hydrogens is 393 g/mol. The number of pyridine rings is 1. The van der Waals surface area contributed by atoms with E-state index in [0.717, 1.165) is 27.9 Å². The molecule has 8 heteroatoms. The third-order valence-electron chi connectivity index (χ3n) is 6.60. The molecule has 0 unspecified atom stereocenters. The van der Waals surface area contributed by atoms with Crippen molar-refractivity contribution >= 4 is 23.6 Å². The molecular formula is C23H28BN3O4. The molecule has 162 valence electrons. The summed E-state index contributed by atoms with van der Waals surface area (Å²) in [6.07, 6.45) is 3.42. The molecule has 31 heavy (non-hydrogen) atoms. The number of fused-ring (bicyclic) bond motifs is 1. The minimum absolute atomic E-state index is 0.223. The van der Waals surface area contributed by atoms with Crippen LogP contribution in [-0.2, 0) is 14.0 Å². The van der Waals surface area contributed by atoms with Gasteiger partial charge in [0.25, 0.3) is 0 Å². The molecule has 2 aromatic heterocycles. The molecule has 4 heterocycles. The van der Waals surface area contributed by atoms with Gasteiger partial charge in [0, 0.05) is 6.20 Å². The SMILES string of the molecule is C[C@@H](Oc1cc(B2OC(C)(C)C(C)(C)O2)cc2ncn(C3COC3)c12)c1ccccn1. The van der Waals surface area contributed by atoms with Crippen molar-refractivity contribution in [2.75, 3.05) is 13.2 Å². The van der Waals surface area contributed by atoms with Crippen molar-refractivity contribution in [1.82, 2.24) is 14.5 Å². The van der Waals surface area contributed by atoms with Gasteiger partial charge in [-0.2, -0.15) is 0 Å². The van der Waals surface area contributed by atoms with Crippen molar-refractivity contribution in [2.45, 2.75) is 58.0 Å². The molecule has 2 aliphatic heterocycles. The lowest BCUT2D eigenvalue weighted by atomic mass is 9.78. The minimum Gasteiger partial charge on any atom is -0.482 e. The van der Waals surface area contributed by atoms with Crippen LogP contribution in [0.3, 0.4) is 0 Å². The van der Waals surface area contributed by atoms with E-state index >= 15 is 0 Å². The summed E-state index contributed by atoms with van der Waals surface area (Å²) in [7, 11) is -0.487. The van der Waals surface area contributed by atoms with Crippen LogP contribution in [0.2, 0.25) is 0 Å². The number of rotatable bonds is 5. The van der Waals surface area contributed by atoms with Gasteiger partial charge < -0.3 is 23.3 Å². The first-order chi connectivity index (χ1) is 14.7. The van der Waals surface area contributed by atoms with Crippen LogP contribution >= 0.6 is 0 Å². The fourth-order valence-electron chi connectivity index (χ4n) is 3.89. The molecule has 0 N–H and O–H groups in total. The Balaban J connectivity index is 1.56. The number of benzene rings is 1. The zero-order valence-electron chi connectivity index (χ0n) is 18.7. The fraction of sp³-hybridized carbons (Fsp3) is 0.478. The van der Waals surface area contributed by atoms with Crippen molar-refractivity contribution in [1.29, 1.82) is 0 Å². The van der Waals surface area contributed by atoms with Gasteiger partial charge in [-0.3, -0.25) is 4.98 Å². The Bertz CT molecular complexity index is 1080. The second kappa shape index (κ2) is 7.33. The molecule has 0 amide bonds. The van der Waals surface area contributed by atoms with Crippen molar-refractivity contribution in [2.24, 2.45) is 0 Å². The zero-order valence-corrected chi connectivity index (χ0v) is 18.7. The molecule has 0 radical (unpaired) electrons. The van der Waals surface area contributed by atoms with Gasteiger partial charge in [-0.25, -0.2) is 4.98 Å². The standard InChI is InChI=1S/C23H28BN3O4/c1-15(18-8-6-7-9-25-18)29-20-11-16(24-30-22(2,3)23(4,5)31-24)10-19-21(20)27(14-26-19)17-12-28-13-17/h6-11,14-15,17H,12-13H2,1-5H3/t15-/m1/s1. The predicted octanol–water partition coefficient (Wildman–Crippen LogP) is 3.44. The highest BCUT2D eigenvalue weighted by Gasteiger charge is 2.52. The molecule has 2 saturated heterocycles. The van der Waals surface area contributed by atoms with Crippen molar-refractivity contribution in [3.8, 4) is 5.75 Å². The van der Waals surface area contributed by atoms with Crippen LogP contribution < -0.4 is 10.2 Å². The van der Waals surface area contributed by atoms with Crippen molar-refractivity contribution < 1.29 is 18.8 Å². The Labute approximate surface area is 182 Å². The molecule has 3 aromatic rings. The summed E-state index contributed by atoms with van der Waals surface area (Å²) >= 11 is 0. The van der Waals surface area contributed by atoms with E-state index < -0.39 is 18.3 Å². The molecule has 2 fully saturated rings. The summed E-state index contributed by atoms with van der Waals surface area (Å²) in [6, 6.07) is 10.2. The van der Waals surface area contributed by atoms with Gasteiger partial charge in [-0.05, 0) is 64.3 Å². The topological polar surface area (TPSA) is 67.6 Å². The van der Waals surface area contributed by atoms with Gasteiger partial charge in [0.2, 0.25) is 0 Å². The summed E-state index contributed by atoms with van der Waals surface area (Å²) < 4.78 is 26.6. The highest BCUT2D eigenvalue weighted by molar-refractivity contribution is 6.62. The highest BCUT2D eigenvalue weighted by atomic mass is 16.7.